The van der Waals surface area contributed by atoms with Gasteiger partial charge >= 0.3 is 6.01 Å². The van der Waals surface area contributed by atoms with Crippen LogP contribution in [0.5, 0.6) is 6.01 Å². The van der Waals surface area contributed by atoms with E-state index in [4.69, 9.17) is 9.72 Å². The summed E-state index contributed by atoms with van der Waals surface area (Å²) < 4.78 is 52.4. The fourth-order valence-corrected chi connectivity index (χ4v) is 7.72. The lowest BCUT2D eigenvalue weighted by Crippen LogP contribution is -2.43. The number of aromatic nitrogens is 3. The number of amides is 1. The third-order valence-corrected chi connectivity index (χ3v) is 10.1. The van der Waals surface area contributed by atoms with Gasteiger partial charge in [0.1, 0.15) is 35.6 Å². The highest BCUT2D eigenvalue weighted by Crippen LogP contribution is 2.41. The number of halogens is 3. The molecule has 5 heterocycles. The minimum atomic E-state index is -0.920. The molecule has 2 aromatic carbocycles. The average Bonchev–Trinajstić information content (AvgIpc) is 3.78. The Bertz CT molecular complexity index is 1850. The van der Waals surface area contributed by atoms with E-state index >= 15 is 4.39 Å². The van der Waals surface area contributed by atoms with Crippen LogP contribution < -0.4 is 9.64 Å². The van der Waals surface area contributed by atoms with Crippen molar-refractivity contribution in [2.24, 2.45) is 0 Å². The van der Waals surface area contributed by atoms with Crippen LogP contribution in [0.2, 0.25) is 0 Å². The zero-order valence-corrected chi connectivity index (χ0v) is 26.1. The SMILES string of the molecule is C=CC(=O)N1CC[C@@H](N(C)c2nc(OC[C@@]34CCCN3C[C@H](F)C4)nc3c(F)c(-c4cccc5ccc(F)c(CC)c45)ncc23)C1. The van der Waals surface area contributed by atoms with Gasteiger partial charge in [0.05, 0.1) is 10.9 Å². The molecule has 8 nitrogen and oxygen atoms in total. The Kier molecular flexibility index (Phi) is 7.83. The third-order valence-electron chi connectivity index (χ3n) is 10.1. The fraction of sp³-hybridized carbons (Fsp3) is 0.429. The molecule has 0 unspecified atom stereocenters. The Morgan fingerprint density at radius 1 is 1.20 bits per heavy atom. The Hall–Kier alpha value is -4.25. The Morgan fingerprint density at radius 2 is 2.04 bits per heavy atom. The highest BCUT2D eigenvalue weighted by molar-refractivity contribution is 6.01. The molecular formula is C35H37F3N6O2. The van der Waals surface area contributed by atoms with Crippen LogP contribution in [0.1, 0.15) is 38.2 Å². The summed E-state index contributed by atoms with van der Waals surface area (Å²) in [4.78, 5) is 32.0. The van der Waals surface area contributed by atoms with Crippen LogP contribution in [0.4, 0.5) is 19.0 Å². The maximum atomic E-state index is 16.8. The number of ether oxygens (including phenoxy) is 1. The highest BCUT2D eigenvalue weighted by Gasteiger charge is 2.49. The van der Waals surface area contributed by atoms with E-state index < -0.39 is 17.5 Å². The predicted molar refractivity (Wildman–Crippen MR) is 172 cm³/mol. The number of nitrogens with zero attached hydrogens (tertiary/aromatic N) is 6. The predicted octanol–water partition coefficient (Wildman–Crippen LogP) is 5.86. The second-order valence-corrected chi connectivity index (χ2v) is 12.7. The lowest BCUT2D eigenvalue weighted by molar-refractivity contribution is -0.125. The molecule has 0 bridgehead atoms. The second-order valence-electron chi connectivity index (χ2n) is 12.7. The number of carbonyl (C=O) groups is 1. The van der Waals surface area contributed by atoms with Gasteiger partial charge < -0.3 is 14.5 Å². The summed E-state index contributed by atoms with van der Waals surface area (Å²) in [5.41, 5.74) is 0.600. The number of anilines is 1. The topological polar surface area (TPSA) is 74.7 Å². The summed E-state index contributed by atoms with van der Waals surface area (Å²) in [5, 5.41) is 1.78. The van der Waals surface area contributed by atoms with E-state index in [-0.39, 0.29) is 41.6 Å². The van der Waals surface area contributed by atoms with Gasteiger partial charge in [0.2, 0.25) is 5.91 Å². The summed E-state index contributed by atoms with van der Waals surface area (Å²) in [6.45, 7) is 7.86. The number of fused-ring (bicyclic) bond motifs is 3. The molecule has 3 saturated heterocycles. The quantitative estimate of drug-likeness (QED) is 0.226. The molecule has 0 N–H and O–H groups in total. The smallest absolute Gasteiger partial charge is 0.319 e. The molecule has 0 spiro atoms. The van der Waals surface area contributed by atoms with Crippen molar-refractivity contribution >= 4 is 33.4 Å². The van der Waals surface area contributed by atoms with Crippen LogP contribution in [0.15, 0.2) is 49.2 Å². The first-order chi connectivity index (χ1) is 22.2. The molecule has 3 atom stereocenters. The first-order valence-corrected chi connectivity index (χ1v) is 16.0. The number of alkyl halides is 1. The van der Waals surface area contributed by atoms with Crippen LogP contribution in [0.3, 0.4) is 0 Å². The van der Waals surface area contributed by atoms with Crippen molar-refractivity contribution in [2.45, 2.75) is 56.8 Å². The molecule has 0 aliphatic carbocycles. The van der Waals surface area contributed by atoms with Crippen molar-refractivity contribution in [1.82, 2.24) is 24.8 Å². The van der Waals surface area contributed by atoms with E-state index in [0.717, 1.165) is 24.8 Å². The molecule has 3 aliphatic heterocycles. The summed E-state index contributed by atoms with van der Waals surface area (Å²) in [5.74, 6) is -0.747. The number of carbonyl (C=O) groups excluding carboxylic acids is 1. The van der Waals surface area contributed by atoms with Crippen LogP contribution in [-0.2, 0) is 11.2 Å². The lowest BCUT2D eigenvalue weighted by Gasteiger charge is -2.31. The standard InChI is InChI=1S/C35H37F3N6O2/c1-4-24-27(37)11-10-21-8-6-9-25(29(21)24)31-30(38)32-26(17-39-31)33(42(3)23-12-15-43(19-23)28(45)5-2)41-34(40-32)46-20-35-13-7-14-44(35)18-22(36)16-35/h5-6,8-11,17,22-23H,2,4,7,12-16,18-20H2,1,3H3/t22-,23-,35+/m1/s1. The van der Waals surface area contributed by atoms with Crippen molar-refractivity contribution in [3.05, 3.63) is 66.4 Å². The summed E-state index contributed by atoms with van der Waals surface area (Å²) >= 11 is 0. The molecule has 1 amide bonds. The number of likely N-dealkylation sites (tertiary alicyclic amines) is 1. The molecule has 240 valence electrons. The van der Waals surface area contributed by atoms with E-state index in [2.05, 4.69) is 21.4 Å². The van der Waals surface area contributed by atoms with Gasteiger partial charge in [0.25, 0.3) is 0 Å². The van der Waals surface area contributed by atoms with E-state index in [1.54, 1.807) is 29.3 Å². The molecular weight excluding hydrogens is 593 g/mol. The normalized spacial score (nSPS) is 22.9. The third kappa shape index (κ3) is 5.05. The number of hydrogen-bond donors (Lipinski definition) is 0. The number of hydrogen-bond acceptors (Lipinski definition) is 7. The van der Waals surface area contributed by atoms with Crippen molar-refractivity contribution < 1.29 is 22.7 Å². The molecule has 3 fully saturated rings. The number of aryl methyl sites for hydroxylation is 1. The molecule has 46 heavy (non-hydrogen) atoms. The van der Waals surface area contributed by atoms with Crippen molar-refractivity contribution in [3.8, 4) is 17.3 Å². The number of likely N-dealkylation sites (N-methyl/N-ethyl adjacent to an activating group) is 1. The number of benzene rings is 2. The van der Waals surface area contributed by atoms with Crippen LogP contribution in [-0.4, -0.2) is 88.2 Å². The monoisotopic (exact) mass is 630 g/mol. The van der Waals surface area contributed by atoms with Gasteiger partial charge in [-0.1, -0.05) is 37.8 Å². The molecule has 11 heteroatoms. The van der Waals surface area contributed by atoms with Crippen molar-refractivity contribution in [2.75, 3.05) is 44.7 Å². The maximum absolute atomic E-state index is 16.8. The average molecular weight is 631 g/mol. The summed E-state index contributed by atoms with van der Waals surface area (Å²) in [6.07, 6.45) is 5.19. The van der Waals surface area contributed by atoms with Crippen LogP contribution in [0, 0.1) is 11.6 Å². The van der Waals surface area contributed by atoms with Crippen molar-refractivity contribution in [1.29, 1.82) is 0 Å². The Balaban J connectivity index is 1.34. The maximum Gasteiger partial charge on any atom is 0.319 e. The Labute approximate surface area is 265 Å². The zero-order chi connectivity index (χ0) is 32.2. The van der Waals surface area contributed by atoms with Gasteiger partial charge in [-0.05, 0) is 60.7 Å². The van der Waals surface area contributed by atoms with E-state index in [0.29, 0.717) is 66.6 Å². The molecule has 0 radical (unpaired) electrons. The largest absolute Gasteiger partial charge is 0.461 e. The van der Waals surface area contributed by atoms with Gasteiger partial charge in [-0.3, -0.25) is 14.7 Å². The van der Waals surface area contributed by atoms with Gasteiger partial charge in [-0.15, -0.1) is 0 Å². The number of pyridine rings is 1. The summed E-state index contributed by atoms with van der Waals surface area (Å²) in [6, 6.07) is 8.43. The molecule has 2 aromatic heterocycles. The number of rotatable bonds is 8. The second kappa shape index (κ2) is 11.8. The molecule has 4 aromatic rings. The Morgan fingerprint density at radius 3 is 2.85 bits per heavy atom. The highest BCUT2D eigenvalue weighted by atomic mass is 19.1. The van der Waals surface area contributed by atoms with Gasteiger partial charge in [-0.2, -0.15) is 9.97 Å². The zero-order valence-electron chi connectivity index (χ0n) is 26.1. The van der Waals surface area contributed by atoms with Crippen LogP contribution in [0.25, 0.3) is 32.9 Å². The fourth-order valence-electron chi connectivity index (χ4n) is 7.72. The van der Waals surface area contributed by atoms with Crippen LogP contribution >= 0.6 is 0 Å². The van der Waals surface area contributed by atoms with Crippen molar-refractivity contribution in [3.63, 3.8) is 0 Å². The molecule has 3 aliphatic rings. The molecule has 0 saturated carbocycles. The first kappa shape index (κ1) is 30.4. The minimum Gasteiger partial charge on any atom is -0.461 e. The summed E-state index contributed by atoms with van der Waals surface area (Å²) in [7, 11) is 1.85. The first-order valence-electron chi connectivity index (χ1n) is 16.0. The van der Waals surface area contributed by atoms with E-state index in [9.17, 15) is 13.6 Å². The van der Waals surface area contributed by atoms with Gasteiger partial charge in [-0.25, -0.2) is 13.2 Å². The van der Waals surface area contributed by atoms with E-state index in [1.165, 1.54) is 12.1 Å². The van der Waals surface area contributed by atoms with E-state index in [1.807, 2.05) is 24.9 Å². The van der Waals surface area contributed by atoms with Gasteiger partial charge in [0, 0.05) is 50.9 Å². The lowest BCUT2D eigenvalue weighted by atomic mass is 9.95. The minimum absolute atomic E-state index is 0.0100. The molecule has 7 rings (SSSR count). The van der Waals surface area contributed by atoms with Gasteiger partial charge in [0.15, 0.2) is 5.82 Å².